The first-order valence-corrected chi connectivity index (χ1v) is 12.7. The van der Waals surface area contributed by atoms with Crippen molar-refractivity contribution in [3.05, 3.63) is 48.0 Å². The fourth-order valence-electron chi connectivity index (χ4n) is 2.95. The number of sulfonamides is 1. The third-order valence-corrected chi connectivity index (χ3v) is 7.64. The lowest BCUT2D eigenvalue weighted by molar-refractivity contribution is -0.147. The average Bonchev–Trinajstić information content (AvgIpc) is 3.19. The van der Waals surface area contributed by atoms with Crippen LogP contribution in [0.3, 0.4) is 0 Å². The van der Waals surface area contributed by atoms with E-state index < -0.39 is 28.5 Å². The number of anilines is 1. The van der Waals surface area contributed by atoms with Gasteiger partial charge in [-0.2, -0.15) is 0 Å². The number of rotatable bonds is 10. The molecule has 2 N–H and O–H groups in total. The van der Waals surface area contributed by atoms with Gasteiger partial charge in [-0.05, 0) is 43.2 Å². The molecule has 0 radical (unpaired) electrons. The molecule has 0 aliphatic rings. The van der Waals surface area contributed by atoms with Crippen LogP contribution >= 0.6 is 11.8 Å². The van der Waals surface area contributed by atoms with E-state index in [9.17, 15) is 18.0 Å². The van der Waals surface area contributed by atoms with Crippen LogP contribution in [0.5, 0.6) is 0 Å². The van der Waals surface area contributed by atoms with Crippen LogP contribution in [0.2, 0.25) is 0 Å². The fourth-order valence-corrected chi connectivity index (χ4v) is 4.92. The first-order chi connectivity index (χ1) is 15.7. The van der Waals surface area contributed by atoms with Gasteiger partial charge < -0.3 is 15.0 Å². The Morgan fingerprint density at radius 2 is 1.94 bits per heavy atom. The number of fused-ring (bicyclic) bond motifs is 1. The number of H-pyrrole nitrogens is 1. The standard InChI is InChI=1S/C22H26N4O5S2/c1-15-10-11-16(13-19(15)33(29,30)26(2)3)23-20(27)14-31-21(28)9-6-12-32-22-24-17-7-4-5-8-18(17)25-22/h4-5,7-8,10-11,13H,6,9,12,14H2,1-3H3,(H,23,27)(H,24,25). The molecule has 1 aromatic heterocycles. The van der Waals surface area contributed by atoms with Gasteiger partial charge in [0, 0.05) is 32.0 Å². The SMILES string of the molecule is Cc1ccc(NC(=O)COC(=O)CCCSc2nc3ccccc3[nH]2)cc1S(=O)(=O)N(C)C. The summed E-state index contributed by atoms with van der Waals surface area (Å²) in [6, 6.07) is 12.3. The van der Waals surface area contributed by atoms with Gasteiger partial charge in [-0.3, -0.25) is 9.59 Å². The van der Waals surface area contributed by atoms with Crippen molar-refractivity contribution in [2.45, 2.75) is 29.8 Å². The van der Waals surface area contributed by atoms with Gasteiger partial charge in [-0.25, -0.2) is 17.7 Å². The third-order valence-electron chi connectivity index (χ3n) is 4.73. The highest BCUT2D eigenvalue weighted by Crippen LogP contribution is 2.23. The molecule has 0 saturated carbocycles. The predicted molar refractivity (Wildman–Crippen MR) is 128 cm³/mol. The van der Waals surface area contributed by atoms with Crippen molar-refractivity contribution < 1.29 is 22.7 Å². The number of hydrogen-bond donors (Lipinski definition) is 2. The number of amides is 1. The zero-order valence-corrected chi connectivity index (χ0v) is 20.3. The van der Waals surface area contributed by atoms with E-state index in [0.717, 1.165) is 20.5 Å². The van der Waals surface area contributed by atoms with Crippen LogP contribution in [-0.4, -0.2) is 61.0 Å². The number of benzene rings is 2. The van der Waals surface area contributed by atoms with Crippen LogP contribution in [0.15, 0.2) is 52.5 Å². The number of aryl methyl sites for hydroxylation is 1. The van der Waals surface area contributed by atoms with Gasteiger partial charge in [0.2, 0.25) is 10.0 Å². The molecule has 1 amide bonds. The number of thioether (sulfide) groups is 1. The Kier molecular flexibility index (Phi) is 8.11. The molecule has 0 unspecified atom stereocenters. The number of esters is 1. The minimum absolute atomic E-state index is 0.101. The van der Waals surface area contributed by atoms with Gasteiger partial charge in [0.25, 0.3) is 5.91 Å². The summed E-state index contributed by atoms with van der Waals surface area (Å²) in [6.07, 6.45) is 0.752. The van der Waals surface area contributed by atoms with Crippen molar-refractivity contribution >= 4 is 50.4 Å². The summed E-state index contributed by atoms with van der Waals surface area (Å²) in [5, 5.41) is 3.35. The van der Waals surface area contributed by atoms with Crippen molar-refractivity contribution in [1.29, 1.82) is 0 Å². The molecule has 11 heteroatoms. The topological polar surface area (TPSA) is 121 Å². The highest BCUT2D eigenvalue weighted by Gasteiger charge is 2.20. The van der Waals surface area contributed by atoms with Gasteiger partial charge in [0.05, 0.1) is 15.9 Å². The predicted octanol–water partition coefficient (Wildman–Crippen LogP) is 3.18. The molecular weight excluding hydrogens is 464 g/mol. The van der Waals surface area contributed by atoms with E-state index in [1.807, 2.05) is 24.3 Å². The second-order valence-corrected chi connectivity index (χ2v) is 10.7. The van der Waals surface area contributed by atoms with Crippen molar-refractivity contribution in [3.8, 4) is 0 Å². The van der Waals surface area contributed by atoms with Crippen LogP contribution in [0, 0.1) is 6.92 Å². The van der Waals surface area contributed by atoms with Crippen LogP contribution in [0.1, 0.15) is 18.4 Å². The van der Waals surface area contributed by atoms with Gasteiger partial charge in [-0.15, -0.1) is 0 Å². The van der Waals surface area contributed by atoms with E-state index >= 15 is 0 Å². The van der Waals surface area contributed by atoms with E-state index in [4.69, 9.17) is 4.74 Å². The molecule has 9 nitrogen and oxygen atoms in total. The van der Waals surface area contributed by atoms with Gasteiger partial charge in [0.15, 0.2) is 11.8 Å². The maximum atomic E-state index is 12.4. The Bertz CT molecular complexity index is 1220. The number of nitrogens with zero attached hydrogens (tertiary/aromatic N) is 2. The Morgan fingerprint density at radius 3 is 2.67 bits per heavy atom. The Morgan fingerprint density at radius 1 is 1.18 bits per heavy atom. The molecule has 0 spiro atoms. The van der Waals surface area contributed by atoms with Crippen LogP contribution in [0.25, 0.3) is 11.0 Å². The zero-order chi connectivity index (χ0) is 24.0. The number of aromatic nitrogens is 2. The van der Waals surface area contributed by atoms with E-state index in [1.54, 1.807) is 19.1 Å². The van der Waals surface area contributed by atoms with E-state index in [1.165, 1.54) is 31.9 Å². The Labute approximate surface area is 197 Å². The quantitative estimate of drug-likeness (QED) is 0.254. The molecule has 0 aliphatic carbocycles. The highest BCUT2D eigenvalue weighted by atomic mass is 32.2. The summed E-state index contributed by atoms with van der Waals surface area (Å²) in [5.41, 5.74) is 2.73. The van der Waals surface area contributed by atoms with Crippen molar-refractivity contribution in [2.24, 2.45) is 0 Å². The zero-order valence-electron chi connectivity index (χ0n) is 18.6. The number of nitrogens with one attached hydrogen (secondary N) is 2. The molecule has 3 rings (SSSR count). The van der Waals surface area contributed by atoms with Gasteiger partial charge >= 0.3 is 5.97 Å². The van der Waals surface area contributed by atoms with Crippen LogP contribution in [-0.2, 0) is 24.3 Å². The summed E-state index contributed by atoms with van der Waals surface area (Å²) in [4.78, 5) is 31.8. The number of imidazole rings is 1. The van der Waals surface area contributed by atoms with E-state index in [0.29, 0.717) is 23.4 Å². The molecule has 33 heavy (non-hydrogen) atoms. The second-order valence-electron chi connectivity index (χ2n) is 7.49. The number of carbonyl (C=O) groups is 2. The first-order valence-electron chi connectivity index (χ1n) is 10.2. The minimum Gasteiger partial charge on any atom is -0.456 e. The Hall–Kier alpha value is -2.89. The lowest BCUT2D eigenvalue weighted by Gasteiger charge is -2.15. The van der Waals surface area contributed by atoms with Gasteiger partial charge in [0.1, 0.15) is 0 Å². The highest BCUT2D eigenvalue weighted by molar-refractivity contribution is 7.99. The van der Waals surface area contributed by atoms with Crippen LogP contribution in [0.4, 0.5) is 5.69 Å². The van der Waals surface area contributed by atoms with E-state index in [2.05, 4.69) is 15.3 Å². The normalized spacial score (nSPS) is 11.6. The molecule has 0 saturated heterocycles. The van der Waals surface area contributed by atoms with Crippen molar-refractivity contribution in [2.75, 3.05) is 31.8 Å². The molecule has 0 fully saturated rings. The minimum atomic E-state index is -3.64. The second kappa shape index (κ2) is 10.8. The number of para-hydroxylation sites is 2. The lowest BCUT2D eigenvalue weighted by Crippen LogP contribution is -2.24. The molecule has 176 valence electrons. The van der Waals surface area contributed by atoms with E-state index in [-0.39, 0.29) is 11.3 Å². The maximum absolute atomic E-state index is 12.4. The molecule has 3 aromatic rings. The molecule has 0 bridgehead atoms. The van der Waals surface area contributed by atoms with Crippen LogP contribution < -0.4 is 5.32 Å². The third kappa shape index (κ3) is 6.56. The first kappa shape index (κ1) is 24.7. The number of ether oxygens (including phenoxy) is 1. The summed E-state index contributed by atoms with van der Waals surface area (Å²) in [5.74, 6) is -0.347. The fraction of sp³-hybridized carbons (Fsp3) is 0.318. The number of hydrogen-bond acceptors (Lipinski definition) is 7. The molecule has 0 atom stereocenters. The molecule has 0 aliphatic heterocycles. The van der Waals surface area contributed by atoms with Gasteiger partial charge in [-0.1, -0.05) is 30.0 Å². The summed E-state index contributed by atoms with van der Waals surface area (Å²) in [7, 11) is -0.766. The monoisotopic (exact) mass is 490 g/mol. The number of carbonyl (C=O) groups excluding carboxylic acids is 2. The van der Waals surface area contributed by atoms with Crippen molar-refractivity contribution in [1.82, 2.24) is 14.3 Å². The summed E-state index contributed by atoms with van der Waals surface area (Å²) < 4.78 is 30.9. The molecule has 1 heterocycles. The average molecular weight is 491 g/mol. The Balaban J connectivity index is 1.41. The lowest BCUT2D eigenvalue weighted by atomic mass is 10.2. The number of aromatic amines is 1. The molecule has 2 aromatic carbocycles. The molecular formula is C22H26N4O5S2. The summed E-state index contributed by atoms with van der Waals surface area (Å²) in [6.45, 7) is 1.23. The smallest absolute Gasteiger partial charge is 0.306 e. The largest absolute Gasteiger partial charge is 0.456 e. The maximum Gasteiger partial charge on any atom is 0.306 e. The summed E-state index contributed by atoms with van der Waals surface area (Å²) >= 11 is 1.51. The van der Waals surface area contributed by atoms with Crippen molar-refractivity contribution in [3.63, 3.8) is 0 Å².